The lowest BCUT2D eigenvalue weighted by atomic mass is 10.1. The number of non-ortho nitro benzene ring substituents is 1. The average molecular weight is 452 g/mol. The first-order chi connectivity index (χ1) is 15.4. The first-order valence-electron chi connectivity index (χ1n) is 10.5. The third-order valence-electron chi connectivity index (χ3n) is 5.48. The van der Waals surface area contributed by atoms with Crippen LogP contribution < -0.4 is 0 Å². The van der Waals surface area contributed by atoms with E-state index in [1.165, 1.54) is 18.2 Å². The van der Waals surface area contributed by atoms with E-state index in [0.717, 1.165) is 23.2 Å². The number of benzene rings is 2. The van der Waals surface area contributed by atoms with E-state index in [0.29, 0.717) is 18.1 Å². The monoisotopic (exact) mass is 451 g/mol. The van der Waals surface area contributed by atoms with Crippen molar-refractivity contribution in [1.29, 1.82) is 0 Å². The second-order valence-corrected chi connectivity index (χ2v) is 8.03. The summed E-state index contributed by atoms with van der Waals surface area (Å²) < 4.78 is 2.10. The molecule has 32 heavy (non-hydrogen) atoms. The van der Waals surface area contributed by atoms with Gasteiger partial charge >= 0.3 is 0 Å². The highest BCUT2D eigenvalue weighted by molar-refractivity contribution is 6.31. The number of amides is 1. The number of nitro groups is 1. The van der Waals surface area contributed by atoms with Crippen LogP contribution in [0.4, 0.5) is 5.69 Å². The van der Waals surface area contributed by atoms with E-state index in [4.69, 9.17) is 11.6 Å². The fraction of sp³-hybridized carbons (Fsp3) is 0.240. The van der Waals surface area contributed by atoms with Crippen molar-refractivity contribution in [3.8, 4) is 0 Å². The van der Waals surface area contributed by atoms with Crippen molar-refractivity contribution in [3.05, 3.63) is 105 Å². The van der Waals surface area contributed by atoms with E-state index in [1.807, 2.05) is 61.3 Å². The summed E-state index contributed by atoms with van der Waals surface area (Å²) in [6.07, 6.45) is 6.02. The summed E-state index contributed by atoms with van der Waals surface area (Å²) in [5.41, 5.74) is 2.79. The molecule has 1 atom stereocenters. The fourth-order valence-electron chi connectivity index (χ4n) is 3.37. The van der Waals surface area contributed by atoms with Gasteiger partial charge in [0.25, 0.3) is 5.69 Å². The van der Waals surface area contributed by atoms with E-state index in [-0.39, 0.29) is 17.6 Å². The molecule has 0 aliphatic heterocycles. The minimum Gasteiger partial charge on any atom is -0.345 e. The van der Waals surface area contributed by atoms with E-state index in [9.17, 15) is 14.9 Å². The second kappa shape index (κ2) is 10.8. The number of nitrogens with zero attached hydrogens (tertiary/aromatic N) is 3. The Morgan fingerprint density at radius 3 is 2.53 bits per heavy atom. The minimum atomic E-state index is -0.443. The lowest BCUT2D eigenvalue weighted by molar-refractivity contribution is -0.384. The van der Waals surface area contributed by atoms with Gasteiger partial charge in [-0.15, -0.1) is 0 Å². The zero-order valence-electron chi connectivity index (χ0n) is 18.1. The van der Waals surface area contributed by atoms with Crippen LogP contribution in [0.1, 0.15) is 37.1 Å². The highest BCUT2D eigenvalue weighted by Gasteiger charge is 2.19. The summed E-state index contributed by atoms with van der Waals surface area (Å²) in [7, 11) is 0. The number of aromatic nitrogens is 1. The lowest BCUT2D eigenvalue weighted by Crippen LogP contribution is -2.37. The van der Waals surface area contributed by atoms with Crippen LogP contribution in [0.15, 0.2) is 72.9 Å². The first kappa shape index (κ1) is 23.3. The summed E-state index contributed by atoms with van der Waals surface area (Å²) in [6.45, 7) is 5.17. The number of halogens is 1. The van der Waals surface area contributed by atoms with Gasteiger partial charge in [0.2, 0.25) is 5.91 Å². The highest BCUT2D eigenvalue weighted by Crippen LogP contribution is 2.19. The highest BCUT2D eigenvalue weighted by atomic mass is 35.5. The van der Waals surface area contributed by atoms with Gasteiger partial charge in [-0.05, 0) is 60.9 Å². The summed E-state index contributed by atoms with van der Waals surface area (Å²) >= 11 is 6.32. The van der Waals surface area contributed by atoms with Crippen LogP contribution in [0.25, 0.3) is 6.08 Å². The van der Waals surface area contributed by atoms with Crippen LogP contribution in [0.2, 0.25) is 5.02 Å². The van der Waals surface area contributed by atoms with Crippen LogP contribution in [-0.2, 0) is 17.9 Å². The molecular formula is C25H26ClN3O3. The molecule has 166 valence electrons. The van der Waals surface area contributed by atoms with Crippen LogP contribution in [0.3, 0.4) is 0 Å². The maximum Gasteiger partial charge on any atom is 0.269 e. The Kier molecular flexibility index (Phi) is 7.84. The number of nitro benzene ring substituents is 1. The third-order valence-corrected chi connectivity index (χ3v) is 5.85. The Bertz CT molecular complexity index is 1110. The number of hydrogen-bond acceptors (Lipinski definition) is 3. The van der Waals surface area contributed by atoms with Crippen molar-refractivity contribution < 1.29 is 9.72 Å². The minimum absolute atomic E-state index is 0.0222. The predicted molar refractivity (Wildman–Crippen MR) is 127 cm³/mol. The number of rotatable bonds is 9. The summed E-state index contributed by atoms with van der Waals surface area (Å²) in [5.74, 6) is -0.108. The largest absolute Gasteiger partial charge is 0.345 e. The molecule has 1 heterocycles. The molecule has 3 aromatic rings. The quantitative estimate of drug-likeness (QED) is 0.230. The van der Waals surface area contributed by atoms with Crippen molar-refractivity contribution >= 4 is 29.3 Å². The van der Waals surface area contributed by atoms with Crippen molar-refractivity contribution in [2.45, 2.75) is 39.4 Å². The molecule has 6 nitrogen and oxygen atoms in total. The molecule has 0 fully saturated rings. The van der Waals surface area contributed by atoms with E-state index < -0.39 is 4.92 Å². The zero-order chi connectivity index (χ0) is 23.1. The molecule has 1 unspecified atom stereocenters. The van der Waals surface area contributed by atoms with Crippen LogP contribution >= 0.6 is 11.6 Å². The van der Waals surface area contributed by atoms with Gasteiger partial charge in [-0.2, -0.15) is 0 Å². The van der Waals surface area contributed by atoms with E-state index in [2.05, 4.69) is 4.57 Å². The summed E-state index contributed by atoms with van der Waals surface area (Å²) in [6, 6.07) is 17.9. The Balaban J connectivity index is 1.76. The molecule has 1 aromatic heterocycles. The Morgan fingerprint density at radius 1 is 1.16 bits per heavy atom. The van der Waals surface area contributed by atoms with Gasteiger partial charge in [-0.3, -0.25) is 14.9 Å². The summed E-state index contributed by atoms with van der Waals surface area (Å²) in [5, 5.41) is 11.5. The Morgan fingerprint density at radius 2 is 1.88 bits per heavy atom. The Labute approximate surface area is 192 Å². The van der Waals surface area contributed by atoms with Gasteiger partial charge in [0.15, 0.2) is 0 Å². The van der Waals surface area contributed by atoms with Crippen molar-refractivity contribution in [1.82, 2.24) is 9.47 Å². The molecule has 0 bridgehead atoms. The molecule has 0 saturated carbocycles. The summed E-state index contributed by atoms with van der Waals surface area (Å²) in [4.78, 5) is 25.2. The molecule has 0 N–H and O–H groups in total. The van der Waals surface area contributed by atoms with Crippen molar-refractivity contribution in [3.63, 3.8) is 0 Å². The van der Waals surface area contributed by atoms with E-state index >= 15 is 0 Å². The van der Waals surface area contributed by atoms with Gasteiger partial charge in [-0.25, -0.2) is 0 Å². The predicted octanol–water partition coefficient (Wildman–Crippen LogP) is 5.94. The topological polar surface area (TPSA) is 68.4 Å². The number of hydrogen-bond donors (Lipinski definition) is 0. The zero-order valence-corrected chi connectivity index (χ0v) is 18.9. The second-order valence-electron chi connectivity index (χ2n) is 7.62. The molecule has 0 aliphatic carbocycles. The van der Waals surface area contributed by atoms with E-state index in [1.54, 1.807) is 18.2 Å². The molecule has 1 amide bonds. The van der Waals surface area contributed by atoms with Crippen LogP contribution in [-0.4, -0.2) is 26.3 Å². The van der Waals surface area contributed by atoms with Gasteiger partial charge in [-0.1, -0.05) is 36.7 Å². The van der Waals surface area contributed by atoms with Gasteiger partial charge < -0.3 is 9.47 Å². The van der Waals surface area contributed by atoms with Gasteiger partial charge in [0.1, 0.15) is 0 Å². The lowest BCUT2D eigenvalue weighted by Gasteiger charge is -2.28. The van der Waals surface area contributed by atoms with Gasteiger partial charge in [0, 0.05) is 47.7 Å². The first-order valence-corrected chi connectivity index (χ1v) is 10.9. The van der Waals surface area contributed by atoms with Gasteiger partial charge in [0.05, 0.1) is 11.5 Å². The molecular weight excluding hydrogens is 426 g/mol. The normalized spacial score (nSPS) is 12.1. The maximum atomic E-state index is 13.0. The number of carbonyl (C=O) groups is 1. The van der Waals surface area contributed by atoms with Crippen molar-refractivity contribution in [2.24, 2.45) is 0 Å². The standard InChI is InChI=1S/C25H26ClN3O3/c1-3-19(2)28(25(30)15-12-20-10-13-22(14-11-20)29(31)32)18-23-8-6-16-27(23)17-21-7-4-5-9-24(21)26/h4-16,19H,3,17-18H2,1-2H3. The third kappa shape index (κ3) is 5.86. The molecule has 0 spiro atoms. The molecule has 0 radical (unpaired) electrons. The molecule has 2 aromatic carbocycles. The molecule has 3 rings (SSSR count). The molecule has 7 heteroatoms. The van der Waals surface area contributed by atoms with Crippen LogP contribution in [0.5, 0.6) is 0 Å². The van der Waals surface area contributed by atoms with Crippen molar-refractivity contribution in [2.75, 3.05) is 0 Å². The molecule has 0 saturated heterocycles. The number of carbonyl (C=O) groups excluding carboxylic acids is 1. The average Bonchev–Trinajstić information content (AvgIpc) is 3.23. The molecule has 0 aliphatic rings. The van der Waals surface area contributed by atoms with Crippen LogP contribution in [0, 0.1) is 10.1 Å². The fourth-order valence-corrected chi connectivity index (χ4v) is 3.57. The Hall–Kier alpha value is -3.38. The smallest absolute Gasteiger partial charge is 0.269 e. The maximum absolute atomic E-state index is 13.0. The SMILES string of the molecule is CCC(C)N(Cc1cccn1Cc1ccccc1Cl)C(=O)C=Cc1ccc([N+](=O)[O-])cc1.